The van der Waals surface area contributed by atoms with Crippen LogP contribution in [0.4, 0.5) is 0 Å². The normalized spacial score (nSPS) is 15.2. The number of primary amides is 1. The molecule has 1 amide bonds. The maximum absolute atomic E-state index is 10.6. The van der Waals surface area contributed by atoms with Crippen molar-refractivity contribution in [3.8, 4) is 0 Å². The summed E-state index contributed by atoms with van der Waals surface area (Å²) in [5.41, 5.74) is 10.3. The van der Waals surface area contributed by atoms with Gasteiger partial charge in [-0.05, 0) is 6.42 Å². The molecular formula is C7H14N2O3. The summed E-state index contributed by atoms with van der Waals surface area (Å²) in [6, 6.07) is -0.676. The summed E-state index contributed by atoms with van der Waals surface area (Å²) in [5, 5.41) is 8.56. The van der Waals surface area contributed by atoms with E-state index in [4.69, 9.17) is 16.6 Å². The third-order valence-corrected chi connectivity index (χ3v) is 1.62. The highest BCUT2D eigenvalue weighted by molar-refractivity contribution is 5.96. The molecule has 0 radical (unpaired) electrons. The van der Waals surface area contributed by atoms with Gasteiger partial charge in [-0.3, -0.25) is 9.59 Å². The number of hydrogen-bond acceptors (Lipinski definition) is 3. The molecule has 2 unspecified atom stereocenters. The molecule has 0 bridgehead atoms. The maximum Gasteiger partial charge on any atom is 0.317 e. The molecule has 5 heteroatoms. The van der Waals surface area contributed by atoms with Crippen LogP contribution < -0.4 is 11.5 Å². The molecule has 70 valence electrons. The molecule has 0 spiro atoms. The minimum Gasteiger partial charge on any atom is -0.481 e. The molecule has 0 fully saturated rings. The Labute approximate surface area is 70.7 Å². The Morgan fingerprint density at radius 2 is 2.00 bits per heavy atom. The summed E-state index contributed by atoms with van der Waals surface area (Å²) in [5.74, 6) is -3.38. The number of carbonyl (C=O) groups is 2. The zero-order chi connectivity index (χ0) is 9.72. The lowest BCUT2D eigenvalue weighted by Gasteiger charge is -2.15. The molecule has 0 saturated heterocycles. The van der Waals surface area contributed by atoms with Gasteiger partial charge in [0.05, 0.1) is 0 Å². The summed E-state index contributed by atoms with van der Waals surface area (Å²) in [6.45, 7) is 1.86. The predicted octanol–water partition coefficient (Wildman–Crippen LogP) is -0.700. The molecule has 2 atom stereocenters. The second-order valence-electron chi connectivity index (χ2n) is 2.67. The van der Waals surface area contributed by atoms with E-state index < -0.39 is 23.8 Å². The first kappa shape index (κ1) is 10.9. The molecule has 0 aromatic carbocycles. The third-order valence-electron chi connectivity index (χ3n) is 1.62. The van der Waals surface area contributed by atoms with Crippen molar-refractivity contribution < 1.29 is 14.7 Å². The molecule has 5 N–H and O–H groups in total. The summed E-state index contributed by atoms with van der Waals surface area (Å²) < 4.78 is 0. The monoisotopic (exact) mass is 174 g/mol. The van der Waals surface area contributed by atoms with Crippen LogP contribution >= 0.6 is 0 Å². The SMILES string of the molecule is CCCC(N)C(C(N)=O)C(=O)O. The summed E-state index contributed by atoms with van der Waals surface area (Å²) in [7, 11) is 0. The number of carboxylic acid groups (broad SMARTS) is 1. The quantitative estimate of drug-likeness (QED) is 0.479. The summed E-state index contributed by atoms with van der Waals surface area (Å²) in [6.07, 6.45) is 1.22. The Morgan fingerprint density at radius 3 is 2.25 bits per heavy atom. The van der Waals surface area contributed by atoms with Gasteiger partial charge in [0.25, 0.3) is 0 Å². The van der Waals surface area contributed by atoms with E-state index in [-0.39, 0.29) is 0 Å². The minimum absolute atomic E-state index is 0.486. The minimum atomic E-state index is -1.26. The average Bonchev–Trinajstić information content (AvgIpc) is 1.85. The predicted molar refractivity (Wildman–Crippen MR) is 43.2 cm³/mol. The average molecular weight is 174 g/mol. The Balaban J connectivity index is 4.29. The summed E-state index contributed by atoms with van der Waals surface area (Å²) >= 11 is 0. The van der Waals surface area contributed by atoms with E-state index in [9.17, 15) is 9.59 Å². The highest BCUT2D eigenvalue weighted by atomic mass is 16.4. The van der Waals surface area contributed by atoms with Gasteiger partial charge >= 0.3 is 5.97 Å². The highest BCUT2D eigenvalue weighted by Gasteiger charge is 2.29. The number of hydrogen-bond donors (Lipinski definition) is 3. The van der Waals surface area contributed by atoms with Crippen molar-refractivity contribution in [3.63, 3.8) is 0 Å². The van der Waals surface area contributed by atoms with Crippen LogP contribution in [0.2, 0.25) is 0 Å². The lowest BCUT2D eigenvalue weighted by atomic mass is 9.96. The fourth-order valence-electron chi connectivity index (χ4n) is 1.02. The van der Waals surface area contributed by atoms with Crippen LogP contribution in [0.1, 0.15) is 19.8 Å². The van der Waals surface area contributed by atoms with Gasteiger partial charge in [-0.2, -0.15) is 0 Å². The van der Waals surface area contributed by atoms with E-state index >= 15 is 0 Å². The zero-order valence-electron chi connectivity index (χ0n) is 6.99. The molecule has 0 aliphatic rings. The van der Waals surface area contributed by atoms with Crippen LogP contribution in [0.5, 0.6) is 0 Å². The number of aliphatic carboxylic acids is 1. The van der Waals surface area contributed by atoms with E-state index in [2.05, 4.69) is 0 Å². The van der Waals surface area contributed by atoms with Crippen LogP contribution in [-0.2, 0) is 9.59 Å². The molecule has 0 aliphatic carbocycles. The van der Waals surface area contributed by atoms with E-state index in [0.29, 0.717) is 6.42 Å². The molecular weight excluding hydrogens is 160 g/mol. The number of carbonyl (C=O) groups excluding carboxylic acids is 1. The summed E-state index contributed by atoms with van der Waals surface area (Å²) in [4.78, 5) is 21.1. The molecule has 12 heavy (non-hydrogen) atoms. The smallest absolute Gasteiger partial charge is 0.317 e. The van der Waals surface area contributed by atoms with Crippen molar-refractivity contribution in [1.29, 1.82) is 0 Å². The van der Waals surface area contributed by atoms with E-state index in [0.717, 1.165) is 6.42 Å². The fraction of sp³-hybridized carbons (Fsp3) is 0.714. The molecule has 0 aromatic rings. The number of carboxylic acids is 1. The van der Waals surface area contributed by atoms with Crippen molar-refractivity contribution in [3.05, 3.63) is 0 Å². The second-order valence-corrected chi connectivity index (χ2v) is 2.67. The Kier molecular flexibility index (Phi) is 4.28. The third kappa shape index (κ3) is 2.87. The first-order chi connectivity index (χ1) is 5.50. The lowest BCUT2D eigenvalue weighted by molar-refractivity contribution is -0.146. The van der Waals surface area contributed by atoms with Crippen LogP contribution in [0.15, 0.2) is 0 Å². The van der Waals surface area contributed by atoms with Crippen molar-refractivity contribution in [1.82, 2.24) is 0 Å². The van der Waals surface area contributed by atoms with Crippen molar-refractivity contribution in [2.75, 3.05) is 0 Å². The van der Waals surface area contributed by atoms with E-state index in [1.165, 1.54) is 0 Å². The van der Waals surface area contributed by atoms with Crippen LogP contribution in [-0.4, -0.2) is 23.0 Å². The highest BCUT2D eigenvalue weighted by Crippen LogP contribution is 2.06. The van der Waals surface area contributed by atoms with Crippen molar-refractivity contribution in [2.24, 2.45) is 17.4 Å². The number of amides is 1. The molecule has 0 aromatic heterocycles. The second kappa shape index (κ2) is 4.71. The standard InChI is InChI=1S/C7H14N2O3/c1-2-3-4(8)5(6(9)10)7(11)12/h4-5H,2-3,8H2,1H3,(H2,9,10)(H,11,12). The molecule has 0 heterocycles. The van der Waals surface area contributed by atoms with Gasteiger partial charge in [0.15, 0.2) is 0 Å². The molecule has 5 nitrogen and oxygen atoms in total. The molecule has 0 aliphatic heterocycles. The van der Waals surface area contributed by atoms with Gasteiger partial charge in [-0.15, -0.1) is 0 Å². The van der Waals surface area contributed by atoms with E-state index in [1.54, 1.807) is 0 Å². The van der Waals surface area contributed by atoms with Gasteiger partial charge in [0.1, 0.15) is 5.92 Å². The van der Waals surface area contributed by atoms with Crippen molar-refractivity contribution in [2.45, 2.75) is 25.8 Å². The topological polar surface area (TPSA) is 106 Å². The maximum atomic E-state index is 10.6. The van der Waals surface area contributed by atoms with Gasteiger partial charge < -0.3 is 16.6 Å². The van der Waals surface area contributed by atoms with Gasteiger partial charge in [0.2, 0.25) is 5.91 Å². The number of nitrogens with two attached hydrogens (primary N) is 2. The Bertz CT molecular complexity index is 167. The van der Waals surface area contributed by atoms with Gasteiger partial charge in [-0.25, -0.2) is 0 Å². The first-order valence-corrected chi connectivity index (χ1v) is 3.78. The number of rotatable bonds is 5. The van der Waals surface area contributed by atoms with Crippen LogP contribution in [0.25, 0.3) is 0 Å². The first-order valence-electron chi connectivity index (χ1n) is 3.78. The van der Waals surface area contributed by atoms with Crippen molar-refractivity contribution >= 4 is 11.9 Å². The van der Waals surface area contributed by atoms with Gasteiger partial charge in [0, 0.05) is 6.04 Å². The molecule has 0 saturated carbocycles. The Morgan fingerprint density at radius 1 is 1.50 bits per heavy atom. The van der Waals surface area contributed by atoms with Crippen LogP contribution in [0, 0.1) is 5.92 Å². The lowest BCUT2D eigenvalue weighted by Crippen LogP contribution is -2.44. The fourth-order valence-corrected chi connectivity index (χ4v) is 1.02. The molecule has 0 rings (SSSR count). The zero-order valence-corrected chi connectivity index (χ0v) is 6.99. The largest absolute Gasteiger partial charge is 0.481 e. The van der Waals surface area contributed by atoms with Gasteiger partial charge in [-0.1, -0.05) is 13.3 Å². The van der Waals surface area contributed by atoms with E-state index in [1.807, 2.05) is 6.92 Å². The Hall–Kier alpha value is -1.10. The van der Waals surface area contributed by atoms with Crippen LogP contribution in [0.3, 0.4) is 0 Å².